The molecular weight excluding hydrogens is 434 g/mol. The Bertz CT molecular complexity index is 1250. The molecule has 0 atom stereocenters. The largest absolute Gasteiger partial charge is 0.279 e. The Balaban J connectivity index is 1.77. The molecule has 0 aromatic heterocycles. The average Bonchev–Trinajstić information content (AvgIpc) is 2.74. The van der Waals surface area contributed by atoms with E-state index < -0.39 is 15.9 Å². The lowest BCUT2D eigenvalue weighted by Crippen LogP contribution is -2.20. The van der Waals surface area contributed by atoms with Crippen molar-refractivity contribution in [1.29, 1.82) is 0 Å². The first-order chi connectivity index (χ1) is 14.7. The van der Waals surface area contributed by atoms with Gasteiger partial charge in [0.25, 0.3) is 15.9 Å². The second-order valence-electron chi connectivity index (χ2n) is 7.10. The fraction of sp³-hybridized carbons (Fsp3) is 0.130. The Morgan fingerprint density at radius 2 is 1.65 bits per heavy atom. The summed E-state index contributed by atoms with van der Waals surface area (Å²) in [6.07, 6.45) is 0. The quantitative estimate of drug-likeness (QED) is 0.409. The fourth-order valence-electron chi connectivity index (χ4n) is 2.89. The Morgan fingerprint density at radius 1 is 0.935 bits per heavy atom. The SMILES string of the molecule is C/C(=N\NC(=O)c1cccc(S(=O)(=O)Nc2ccc(C)cc2C)c1)c1ccc(Cl)cc1. The maximum atomic E-state index is 12.8. The zero-order valence-corrected chi connectivity index (χ0v) is 18.9. The van der Waals surface area contributed by atoms with Crippen molar-refractivity contribution in [2.75, 3.05) is 4.72 Å². The molecule has 0 bridgehead atoms. The third-order valence-corrected chi connectivity index (χ3v) is 6.24. The first-order valence-electron chi connectivity index (χ1n) is 9.46. The second-order valence-corrected chi connectivity index (χ2v) is 9.22. The van der Waals surface area contributed by atoms with Crippen LogP contribution < -0.4 is 10.1 Å². The van der Waals surface area contributed by atoms with Crippen molar-refractivity contribution in [1.82, 2.24) is 5.43 Å². The summed E-state index contributed by atoms with van der Waals surface area (Å²) in [6.45, 7) is 5.51. The van der Waals surface area contributed by atoms with E-state index in [-0.39, 0.29) is 10.5 Å². The van der Waals surface area contributed by atoms with Gasteiger partial charge in [-0.1, -0.05) is 47.5 Å². The highest BCUT2D eigenvalue weighted by Crippen LogP contribution is 2.21. The average molecular weight is 456 g/mol. The van der Waals surface area contributed by atoms with Crippen LogP contribution in [-0.4, -0.2) is 20.0 Å². The van der Waals surface area contributed by atoms with Gasteiger partial charge in [-0.2, -0.15) is 5.10 Å². The molecule has 3 rings (SSSR count). The second kappa shape index (κ2) is 9.32. The van der Waals surface area contributed by atoms with E-state index in [2.05, 4.69) is 15.2 Å². The Labute approximate surface area is 187 Å². The topological polar surface area (TPSA) is 87.6 Å². The maximum absolute atomic E-state index is 12.8. The van der Waals surface area contributed by atoms with Gasteiger partial charge in [-0.15, -0.1) is 0 Å². The first kappa shape index (κ1) is 22.5. The fourth-order valence-corrected chi connectivity index (χ4v) is 4.19. The molecule has 31 heavy (non-hydrogen) atoms. The number of nitrogens with zero attached hydrogens (tertiary/aromatic N) is 1. The monoisotopic (exact) mass is 455 g/mol. The van der Waals surface area contributed by atoms with Gasteiger partial charge in [-0.25, -0.2) is 13.8 Å². The van der Waals surface area contributed by atoms with Gasteiger partial charge >= 0.3 is 0 Å². The van der Waals surface area contributed by atoms with Gasteiger partial charge in [-0.3, -0.25) is 9.52 Å². The molecule has 3 aromatic rings. The molecule has 0 heterocycles. The molecule has 8 heteroatoms. The molecular formula is C23H22ClN3O3S. The molecule has 6 nitrogen and oxygen atoms in total. The zero-order chi connectivity index (χ0) is 22.6. The van der Waals surface area contributed by atoms with Crippen molar-refractivity contribution in [2.45, 2.75) is 25.7 Å². The number of carbonyl (C=O) groups is 1. The summed E-state index contributed by atoms with van der Waals surface area (Å²) in [7, 11) is -3.86. The van der Waals surface area contributed by atoms with E-state index >= 15 is 0 Å². The molecule has 0 aliphatic rings. The van der Waals surface area contributed by atoms with Gasteiger partial charge in [0.05, 0.1) is 16.3 Å². The van der Waals surface area contributed by atoms with Crippen molar-refractivity contribution in [3.63, 3.8) is 0 Å². The Hall–Kier alpha value is -3.16. The van der Waals surface area contributed by atoms with E-state index in [9.17, 15) is 13.2 Å². The van der Waals surface area contributed by atoms with Gasteiger partial charge in [0.15, 0.2) is 0 Å². The van der Waals surface area contributed by atoms with E-state index in [0.717, 1.165) is 16.7 Å². The van der Waals surface area contributed by atoms with E-state index in [1.807, 2.05) is 26.0 Å². The third kappa shape index (κ3) is 5.71. The minimum Gasteiger partial charge on any atom is -0.279 e. The highest BCUT2D eigenvalue weighted by molar-refractivity contribution is 7.92. The number of aryl methyl sites for hydroxylation is 2. The molecule has 0 aliphatic carbocycles. The predicted octanol–water partition coefficient (Wildman–Crippen LogP) is 4.91. The number of anilines is 1. The molecule has 0 unspecified atom stereocenters. The molecule has 2 N–H and O–H groups in total. The van der Waals surface area contributed by atoms with Crippen molar-refractivity contribution >= 4 is 38.9 Å². The number of nitrogens with one attached hydrogen (secondary N) is 2. The van der Waals surface area contributed by atoms with Crippen LogP contribution in [0, 0.1) is 13.8 Å². The van der Waals surface area contributed by atoms with Gasteiger partial charge in [-0.05, 0) is 68.3 Å². The minimum absolute atomic E-state index is 0.0153. The number of amides is 1. The van der Waals surface area contributed by atoms with Crippen molar-refractivity contribution in [2.24, 2.45) is 5.10 Å². The standard InChI is InChI=1S/C23H22ClN3O3S/c1-15-7-12-22(16(2)13-15)27-31(29,30)21-6-4-5-19(14-21)23(28)26-25-17(3)18-8-10-20(24)11-9-18/h4-14,27H,1-3H3,(H,26,28)/b25-17+. The zero-order valence-electron chi connectivity index (χ0n) is 17.3. The number of hydrazone groups is 1. The van der Waals surface area contributed by atoms with Crippen molar-refractivity contribution in [3.8, 4) is 0 Å². The normalized spacial score (nSPS) is 11.8. The molecule has 0 radical (unpaired) electrons. The Kier molecular flexibility index (Phi) is 6.77. The molecule has 0 aliphatic heterocycles. The van der Waals surface area contributed by atoms with E-state index in [0.29, 0.717) is 16.4 Å². The van der Waals surface area contributed by atoms with Gasteiger partial charge in [0, 0.05) is 10.6 Å². The van der Waals surface area contributed by atoms with Crippen LogP contribution >= 0.6 is 11.6 Å². The number of carbonyl (C=O) groups excluding carboxylic acids is 1. The van der Waals surface area contributed by atoms with Gasteiger partial charge in [0.2, 0.25) is 0 Å². The minimum atomic E-state index is -3.86. The summed E-state index contributed by atoms with van der Waals surface area (Å²) in [5.74, 6) is -0.517. The lowest BCUT2D eigenvalue weighted by atomic mass is 10.1. The number of hydrogen-bond donors (Lipinski definition) is 2. The van der Waals surface area contributed by atoms with Crippen LogP contribution in [0.25, 0.3) is 0 Å². The highest BCUT2D eigenvalue weighted by Gasteiger charge is 2.17. The summed E-state index contributed by atoms with van der Waals surface area (Å²) >= 11 is 5.88. The molecule has 160 valence electrons. The van der Waals surface area contributed by atoms with Crippen LogP contribution in [0.1, 0.15) is 34.0 Å². The summed E-state index contributed by atoms with van der Waals surface area (Å²) in [5, 5.41) is 4.69. The van der Waals surface area contributed by atoms with E-state index in [1.165, 1.54) is 24.3 Å². The van der Waals surface area contributed by atoms with Crippen LogP contribution in [0.5, 0.6) is 0 Å². The number of sulfonamides is 1. The number of rotatable bonds is 6. The number of halogens is 1. The van der Waals surface area contributed by atoms with E-state index in [4.69, 9.17) is 11.6 Å². The summed E-state index contributed by atoms with van der Waals surface area (Å²) in [6, 6.07) is 18.3. The van der Waals surface area contributed by atoms with Gasteiger partial charge < -0.3 is 0 Å². The number of hydrogen-bond acceptors (Lipinski definition) is 4. The van der Waals surface area contributed by atoms with Crippen LogP contribution in [-0.2, 0) is 10.0 Å². The smallest absolute Gasteiger partial charge is 0.271 e. The summed E-state index contributed by atoms with van der Waals surface area (Å²) < 4.78 is 28.2. The molecule has 0 saturated carbocycles. The Morgan fingerprint density at radius 3 is 2.32 bits per heavy atom. The lowest BCUT2D eigenvalue weighted by molar-refractivity contribution is 0.0954. The number of benzene rings is 3. The van der Waals surface area contributed by atoms with Crippen LogP contribution in [0.4, 0.5) is 5.69 Å². The highest BCUT2D eigenvalue weighted by atomic mass is 35.5. The first-order valence-corrected chi connectivity index (χ1v) is 11.3. The molecule has 1 amide bonds. The van der Waals surface area contributed by atoms with Crippen molar-refractivity contribution < 1.29 is 13.2 Å². The molecule has 3 aromatic carbocycles. The van der Waals surface area contributed by atoms with E-state index in [1.54, 1.807) is 37.3 Å². The van der Waals surface area contributed by atoms with Crippen LogP contribution in [0.2, 0.25) is 5.02 Å². The molecule has 0 saturated heterocycles. The van der Waals surface area contributed by atoms with Crippen LogP contribution in [0.3, 0.4) is 0 Å². The summed E-state index contributed by atoms with van der Waals surface area (Å²) in [5.41, 5.74) is 6.36. The van der Waals surface area contributed by atoms with Crippen LogP contribution in [0.15, 0.2) is 76.7 Å². The lowest BCUT2D eigenvalue weighted by Gasteiger charge is -2.12. The molecule has 0 spiro atoms. The third-order valence-electron chi connectivity index (χ3n) is 4.62. The maximum Gasteiger partial charge on any atom is 0.271 e. The van der Waals surface area contributed by atoms with Gasteiger partial charge in [0.1, 0.15) is 0 Å². The predicted molar refractivity (Wildman–Crippen MR) is 124 cm³/mol. The van der Waals surface area contributed by atoms with Crippen molar-refractivity contribution in [3.05, 3.63) is 94.0 Å². The molecule has 0 fully saturated rings. The summed E-state index contributed by atoms with van der Waals surface area (Å²) in [4.78, 5) is 12.5.